The van der Waals surface area contributed by atoms with Gasteiger partial charge in [0.05, 0.1) is 12.3 Å². The van der Waals surface area contributed by atoms with E-state index < -0.39 is 17.7 Å². The summed E-state index contributed by atoms with van der Waals surface area (Å²) in [6.45, 7) is 4.22. The average molecular weight is 494 g/mol. The van der Waals surface area contributed by atoms with Crippen LogP contribution in [0, 0.1) is 11.6 Å². The number of halogens is 2. The van der Waals surface area contributed by atoms with Gasteiger partial charge < -0.3 is 30.6 Å². The Morgan fingerprint density at radius 3 is 2.69 bits per heavy atom. The number of hydrogen-bond acceptors (Lipinski definition) is 8. The molecule has 2 aromatic carbocycles. The highest BCUT2D eigenvalue weighted by Gasteiger charge is 2.28. The number of aliphatic hydroxyl groups is 1. The second-order valence-corrected chi connectivity index (χ2v) is 8.35. The highest BCUT2D eigenvalue weighted by molar-refractivity contribution is 6.04. The summed E-state index contributed by atoms with van der Waals surface area (Å²) >= 11 is 0. The zero-order chi connectivity index (χ0) is 25.7. The number of hydrogen-bond donors (Lipinski definition) is 4. The first kappa shape index (κ1) is 25.1. The average Bonchev–Trinajstić information content (AvgIpc) is 3.17. The largest absolute Gasteiger partial charge is 0.489 e. The zero-order valence-corrected chi connectivity index (χ0v) is 19.5. The lowest BCUT2D eigenvalue weighted by molar-refractivity contribution is -0.111. The molecule has 1 aliphatic rings. The fraction of sp³-hybridized carbons (Fsp3) is 0.208. The van der Waals surface area contributed by atoms with E-state index in [2.05, 4.69) is 32.5 Å². The number of amides is 1. The molecule has 0 radical (unpaired) electrons. The molecule has 3 aromatic rings. The Morgan fingerprint density at radius 2 is 1.97 bits per heavy atom. The predicted octanol–water partition coefficient (Wildman–Crippen LogP) is 2.73. The molecule has 0 saturated carbocycles. The number of aromatic nitrogens is 2. The number of β-amino-alcohol motifs (C(OH)–C–C–N with tert-alkyl or cyclic N) is 1. The van der Waals surface area contributed by atoms with Crippen molar-refractivity contribution in [2.24, 2.45) is 0 Å². The molecule has 1 saturated heterocycles. The Morgan fingerprint density at radius 1 is 1.19 bits per heavy atom. The molecule has 1 fully saturated rings. The highest BCUT2D eigenvalue weighted by atomic mass is 19.1. The number of carbonyl (C=O) groups excluding carboxylic acids is 1. The van der Waals surface area contributed by atoms with E-state index in [0.717, 1.165) is 12.3 Å². The molecule has 2 heterocycles. The molecule has 186 valence electrons. The van der Waals surface area contributed by atoms with Crippen LogP contribution in [0.4, 0.5) is 37.6 Å². The van der Waals surface area contributed by atoms with Gasteiger partial charge in [-0.25, -0.2) is 13.8 Å². The molecule has 2 atom stereocenters. The van der Waals surface area contributed by atoms with Crippen LogP contribution in [0.1, 0.15) is 6.42 Å². The molecule has 1 aromatic heterocycles. The summed E-state index contributed by atoms with van der Waals surface area (Å²) in [5.74, 6) is -1.63. The molecule has 4 N–H and O–H groups in total. The smallest absolute Gasteiger partial charge is 0.247 e. The summed E-state index contributed by atoms with van der Waals surface area (Å²) in [6, 6.07) is 10.9. The molecule has 0 aliphatic carbocycles. The fourth-order valence-corrected chi connectivity index (χ4v) is 3.78. The molecule has 12 heteroatoms. The van der Waals surface area contributed by atoms with Crippen LogP contribution in [-0.2, 0) is 4.79 Å². The lowest BCUT2D eigenvalue weighted by atomic mass is 10.2. The molecular weight excluding hydrogens is 469 g/mol. The third-order valence-electron chi connectivity index (χ3n) is 5.61. The van der Waals surface area contributed by atoms with Crippen molar-refractivity contribution in [3.63, 3.8) is 0 Å². The van der Waals surface area contributed by atoms with E-state index in [0.29, 0.717) is 30.0 Å². The summed E-state index contributed by atoms with van der Waals surface area (Å²) in [5.41, 5.74) is 1.32. The van der Waals surface area contributed by atoms with Gasteiger partial charge in [0.1, 0.15) is 6.61 Å². The van der Waals surface area contributed by atoms with Crippen molar-refractivity contribution in [2.75, 3.05) is 29.1 Å². The van der Waals surface area contributed by atoms with Crippen LogP contribution in [0.5, 0.6) is 5.75 Å². The zero-order valence-electron chi connectivity index (χ0n) is 19.5. The number of carbonyl (C=O) groups is 1. The van der Waals surface area contributed by atoms with Crippen molar-refractivity contribution in [1.82, 2.24) is 14.8 Å². The van der Waals surface area contributed by atoms with E-state index >= 15 is 0 Å². The van der Waals surface area contributed by atoms with E-state index in [4.69, 9.17) is 4.74 Å². The second-order valence-electron chi connectivity index (χ2n) is 8.35. The topological polar surface area (TPSA) is 112 Å². The van der Waals surface area contributed by atoms with Crippen LogP contribution in [0.15, 0.2) is 61.3 Å². The Balaban J connectivity index is 1.41. The maximum Gasteiger partial charge on any atom is 0.247 e. The Hall–Kier alpha value is -4.03. The van der Waals surface area contributed by atoms with Crippen LogP contribution in [0.25, 0.3) is 0 Å². The fourth-order valence-electron chi connectivity index (χ4n) is 3.78. The highest BCUT2D eigenvalue weighted by Crippen LogP contribution is 2.26. The lowest BCUT2D eigenvalue weighted by Crippen LogP contribution is -2.32. The standard InChI is InChI=1S/C24H25BF2N6O3/c1-2-22(35)29-14-4-3-5-15(8-14)30-23-20(27)11-28-24(32-23)31-16-6-7-21(19(26)9-16)36-13-17-10-18(34)12-33(17)25/h2-9,11,17-18,34H,1,10,12-13,25H2,(H,29,35)(H2,28,30,31,32)/t17-,18+/m0/s1. The molecule has 1 amide bonds. The molecule has 9 nitrogen and oxygen atoms in total. The Kier molecular flexibility index (Phi) is 7.76. The van der Waals surface area contributed by atoms with Crippen molar-refractivity contribution in [2.45, 2.75) is 18.6 Å². The first-order chi connectivity index (χ1) is 17.3. The molecule has 1 aliphatic heterocycles. The van der Waals surface area contributed by atoms with Crippen LogP contribution >= 0.6 is 0 Å². The molecule has 0 spiro atoms. The van der Waals surface area contributed by atoms with Crippen LogP contribution in [0.2, 0.25) is 0 Å². The van der Waals surface area contributed by atoms with E-state index in [-0.39, 0.29) is 36.1 Å². The first-order valence-corrected chi connectivity index (χ1v) is 11.2. The monoisotopic (exact) mass is 494 g/mol. The maximum atomic E-state index is 14.6. The van der Waals surface area contributed by atoms with Crippen LogP contribution in [0.3, 0.4) is 0 Å². The maximum absolute atomic E-state index is 14.6. The third kappa shape index (κ3) is 6.35. The molecular formula is C24H25BF2N6O3. The van der Waals surface area contributed by atoms with Gasteiger partial charge >= 0.3 is 0 Å². The molecule has 0 bridgehead atoms. The van der Waals surface area contributed by atoms with E-state index in [1.54, 1.807) is 30.3 Å². The predicted molar refractivity (Wildman–Crippen MR) is 135 cm³/mol. The summed E-state index contributed by atoms with van der Waals surface area (Å²) < 4.78 is 34.6. The third-order valence-corrected chi connectivity index (χ3v) is 5.61. The van der Waals surface area contributed by atoms with Gasteiger partial charge in [-0.15, -0.1) is 0 Å². The molecule has 0 unspecified atom stereocenters. The lowest BCUT2D eigenvalue weighted by Gasteiger charge is -2.20. The summed E-state index contributed by atoms with van der Waals surface area (Å²) in [5, 5.41) is 18.0. The minimum atomic E-state index is -0.696. The molecule has 36 heavy (non-hydrogen) atoms. The van der Waals surface area contributed by atoms with Crippen molar-refractivity contribution in [3.05, 3.63) is 73.0 Å². The van der Waals surface area contributed by atoms with Gasteiger partial charge in [0.2, 0.25) is 11.9 Å². The second kappa shape index (κ2) is 11.1. The van der Waals surface area contributed by atoms with E-state index in [1.807, 2.05) is 12.8 Å². The number of ether oxygens (including phenoxy) is 1. The molecule has 4 rings (SSSR count). The van der Waals surface area contributed by atoms with Gasteiger partial charge in [-0.05, 0) is 42.8 Å². The SMILES string of the molecule is BN1C[C@H](O)C[C@H]1COc1ccc(Nc2ncc(F)c(Nc3cccc(NC(=O)C=C)c3)n2)cc1F. The number of nitrogens with zero attached hydrogens (tertiary/aromatic N) is 3. The van der Waals surface area contributed by atoms with Gasteiger partial charge in [0.25, 0.3) is 0 Å². The van der Waals surface area contributed by atoms with Crippen molar-refractivity contribution >= 4 is 42.7 Å². The normalized spacial score (nSPS) is 17.4. The Labute approximate surface area is 207 Å². The summed E-state index contributed by atoms with van der Waals surface area (Å²) in [6.07, 6.45) is 2.30. The van der Waals surface area contributed by atoms with Crippen molar-refractivity contribution in [3.8, 4) is 5.75 Å². The number of benzene rings is 2. The van der Waals surface area contributed by atoms with Gasteiger partial charge in [-0.3, -0.25) is 4.79 Å². The van der Waals surface area contributed by atoms with Gasteiger partial charge in [-0.2, -0.15) is 4.98 Å². The van der Waals surface area contributed by atoms with Crippen molar-refractivity contribution in [1.29, 1.82) is 0 Å². The minimum absolute atomic E-state index is 0.00897. The van der Waals surface area contributed by atoms with Gasteiger partial charge in [0, 0.05) is 35.7 Å². The number of anilines is 5. The summed E-state index contributed by atoms with van der Waals surface area (Å²) in [7, 11) is 1.89. The number of rotatable bonds is 9. The summed E-state index contributed by atoms with van der Waals surface area (Å²) in [4.78, 5) is 21.5. The quantitative estimate of drug-likeness (QED) is 0.266. The van der Waals surface area contributed by atoms with Crippen molar-refractivity contribution < 1.29 is 23.4 Å². The van der Waals surface area contributed by atoms with E-state index in [9.17, 15) is 18.7 Å². The Bertz CT molecular complexity index is 1260. The minimum Gasteiger partial charge on any atom is -0.489 e. The van der Waals surface area contributed by atoms with Gasteiger partial charge in [-0.1, -0.05) is 12.6 Å². The first-order valence-electron chi connectivity index (χ1n) is 11.2. The van der Waals surface area contributed by atoms with Crippen LogP contribution in [-0.4, -0.2) is 59.1 Å². The number of nitrogens with one attached hydrogen (secondary N) is 3. The van der Waals surface area contributed by atoms with Gasteiger partial charge in [0.15, 0.2) is 31.2 Å². The van der Waals surface area contributed by atoms with E-state index in [1.165, 1.54) is 12.1 Å². The van der Waals surface area contributed by atoms with Crippen LogP contribution < -0.4 is 20.7 Å². The number of aliphatic hydroxyl groups excluding tert-OH is 1.